The number of carboxylic acid groups (broad SMARTS) is 2. The number of aliphatic carboxylic acids is 2. The number of imidazole rings is 1. The Morgan fingerprint density at radius 3 is 2.14 bits per heavy atom. The van der Waals surface area contributed by atoms with Crippen molar-refractivity contribution in [1.82, 2.24) is 25.9 Å². The maximum Gasteiger partial charge on any atom is 0.326 e. The Morgan fingerprint density at radius 2 is 1.61 bits per heavy atom. The van der Waals surface area contributed by atoms with Gasteiger partial charge in [-0.25, -0.2) is 9.78 Å². The predicted octanol–water partition coefficient (Wildman–Crippen LogP) is -0.517. The predicted molar refractivity (Wildman–Crippen MR) is 133 cm³/mol. The van der Waals surface area contributed by atoms with E-state index in [1.54, 1.807) is 13.8 Å². The van der Waals surface area contributed by atoms with Crippen LogP contribution in [-0.4, -0.2) is 86.0 Å². The molecule has 202 valence electrons. The number of amides is 3. The number of carboxylic acids is 2. The SMILES string of the molecule is CSCCC(N)C(=O)NC(Cc1cnc[nH]1)C(=O)NC(CCC(=O)O)C(=O)NC(CC(C)C)C(=O)O. The molecule has 0 saturated carbocycles. The van der Waals surface area contributed by atoms with Crippen LogP contribution in [0.25, 0.3) is 0 Å². The van der Waals surface area contributed by atoms with Crippen LogP contribution < -0.4 is 21.7 Å². The lowest BCUT2D eigenvalue weighted by atomic mass is 10.0. The second-order valence-electron chi connectivity index (χ2n) is 8.75. The number of hydrogen-bond acceptors (Lipinski definition) is 8. The molecular formula is C22H36N6O7S. The Hall–Kier alpha value is -3.13. The van der Waals surface area contributed by atoms with Crippen LogP contribution in [0.4, 0.5) is 0 Å². The lowest BCUT2D eigenvalue weighted by molar-refractivity contribution is -0.143. The van der Waals surface area contributed by atoms with E-state index in [1.165, 1.54) is 24.3 Å². The fourth-order valence-electron chi connectivity index (χ4n) is 3.25. The normalized spacial score (nSPS) is 14.4. The van der Waals surface area contributed by atoms with Gasteiger partial charge in [0.15, 0.2) is 0 Å². The Kier molecular flexibility index (Phi) is 13.5. The molecule has 4 unspecified atom stereocenters. The lowest BCUT2D eigenvalue weighted by Crippen LogP contribution is -2.57. The molecule has 0 bridgehead atoms. The average molecular weight is 529 g/mol. The van der Waals surface area contributed by atoms with E-state index in [-0.39, 0.29) is 25.2 Å². The molecule has 0 aliphatic rings. The van der Waals surface area contributed by atoms with Gasteiger partial charge in [0.05, 0.1) is 12.4 Å². The van der Waals surface area contributed by atoms with Gasteiger partial charge in [-0.05, 0) is 37.2 Å². The van der Waals surface area contributed by atoms with Gasteiger partial charge < -0.3 is 36.9 Å². The van der Waals surface area contributed by atoms with Crippen molar-refractivity contribution < 1.29 is 34.2 Å². The third-order valence-electron chi connectivity index (χ3n) is 5.18. The van der Waals surface area contributed by atoms with E-state index in [1.807, 2.05) is 6.26 Å². The summed E-state index contributed by atoms with van der Waals surface area (Å²) < 4.78 is 0. The Labute approximate surface area is 213 Å². The third kappa shape index (κ3) is 11.5. The van der Waals surface area contributed by atoms with Crippen LogP contribution in [0.15, 0.2) is 12.5 Å². The highest BCUT2D eigenvalue weighted by molar-refractivity contribution is 7.98. The van der Waals surface area contributed by atoms with Gasteiger partial charge in [-0.3, -0.25) is 19.2 Å². The zero-order valence-corrected chi connectivity index (χ0v) is 21.5. The summed E-state index contributed by atoms with van der Waals surface area (Å²) in [7, 11) is 0. The van der Waals surface area contributed by atoms with Crippen molar-refractivity contribution in [2.24, 2.45) is 11.7 Å². The van der Waals surface area contributed by atoms with Crippen molar-refractivity contribution in [3.63, 3.8) is 0 Å². The number of aromatic amines is 1. The number of nitrogens with one attached hydrogen (secondary N) is 4. The maximum atomic E-state index is 13.1. The highest BCUT2D eigenvalue weighted by Gasteiger charge is 2.31. The number of nitrogens with zero attached hydrogens (tertiary/aromatic N) is 1. The van der Waals surface area contributed by atoms with Crippen LogP contribution in [0.2, 0.25) is 0 Å². The monoisotopic (exact) mass is 528 g/mol. The highest BCUT2D eigenvalue weighted by atomic mass is 32.2. The molecule has 1 rings (SSSR count). The number of thioether (sulfide) groups is 1. The van der Waals surface area contributed by atoms with Gasteiger partial charge in [0.1, 0.15) is 18.1 Å². The summed E-state index contributed by atoms with van der Waals surface area (Å²) in [6, 6.07) is -4.55. The minimum absolute atomic E-state index is 0.00515. The molecule has 1 heterocycles. The van der Waals surface area contributed by atoms with Crippen molar-refractivity contribution in [2.45, 2.75) is 70.1 Å². The number of carbonyl (C=O) groups is 5. The van der Waals surface area contributed by atoms with E-state index in [0.29, 0.717) is 17.9 Å². The van der Waals surface area contributed by atoms with Crippen molar-refractivity contribution in [2.75, 3.05) is 12.0 Å². The number of carbonyl (C=O) groups excluding carboxylic acids is 3. The molecule has 0 spiro atoms. The van der Waals surface area contributed by atoms with Crippen LogP contribution in [0.1, 0.15) is 45.2 Å². The van der Waals surface area contributed by atoms with Gasteiger partial charge in [0, 0.05) is 24.7 Å². The van der Waals surface area contributed by atoms with Crippen molar-refractivity contribution in [3.8, 4) is 0 Å². The first kappa shape index (κ1) is 30.9. The van der Waals surface area contributed by atoms with Gasteiger partial charge in [-0.2, -0.15) is 11.8 Å². The first-order valence-corrected chi connectivity index (χ1v) is 12.9. The molecule has 0 aliphatic carbocycles. The second-order valence-corrected chi connectivity index (χ2v) is 9.74. The maximum absolute atomic E-state index is 13.1. The molecule has 0 radical (unpaired) electrons. The Balaban J connectivity index is 3.06. The zero-order chi connectivity index (χ0) is 27.3. The van der Waals surface area contributed by atoms with Crippen LogP contribution in [0, 0.1) is 5.92 Å². The highest BCUT2D eigenvalue weighted by Crippen LogP contribution is 2.08. The minimum Gasteiger partial charge on any atom is -0.481 e. The summed E-state index contributed by atoms with van der Waals surface area (Å²) in [5.41, 5.74) is 6.45. The number of rotatable bonds is 17. The number of H-pyrrole nitrogens is 1. The molecule has 4 atom stereocenters. The summed E-state index contributed by atoms with van der Waals surface area (Å²) in [4.78, 5) is 68.0. The van der Waals surface area contributed by atoms with Crippen LogP contribution in [-0.2, 0) is 30.4 Å². The van der Waals surface area contributed by atoms with E-state index >= 15 is 0 Å². The Morgan fingerprint density at radius 1 is 1.00 bits per heavy atom. The summed E-state index contributed by atoms with van der Waals surface area (Å²) in [5, 5.41) is 25.9. The zero-order valence-electron chi connectivity index (χ0n) is 20.7. The van der Waals surface area contributed by atoms with Crippen molar-refractivity contribution >= 4 is 41.4 Å². The molecule has 1 aromatic heterocycles. The Bertz CT molecular complexity index is 880. The van der Waals surface area contributed by atoms with Gasteiger partial charge in [0.25, 0.3) is 0 Å². The van der Waals surface area contributed by atoms with Gasteiger partial charge in [-0.15, -0.1) is 0 Å². The molecule has 36 heavy (non-hydrogen) atoms. The fraction of sp³-hybridized carbons (Fsp3) is 0.636. The number of nitrogens with two attached hydrogens (primary N) is 1. The molecule has 0 fully saturated rings. The number of aromatic nitrogens is 2. The van der Waals surface area contributed by atoms with E-state index in [2.05, 4.69) is 25.9 Å². The van der Waals surface area contributed by atoms with Gasteiger partial charge in [0.2, 0.25) is 17.7 Å². The topological polar surface area (TPSA) is 217 Å². The molecule has 0 saturated heterocycles. The molecule has 1 aromatic rings. The van der Waals surface area contributed by atoms with E-state index in [4.69, 9.17) is 10.8 Å². The molecular weight excluding hydrogens is 492 g/mol. The molecule has 8 N–H and O–H groups in total. The third-order valence-corrected chi connectivity index (χ3v) is 5.83. The average Bonchev–Trinajstić information content (AvgIpc) is 3.31. The summed E-state index contributed by atoms with van der Waals surface area (Å²) in [6.45, 7) is 3.58. The standard InChI is InChI=1S/C22H36N6O7S/c1-12(2)8-17(22(34)35)28-20(32)15(4-5-18(29)30)26-21(33)16(9-13-10-24-11-25-13)27-19(31)14(23)6-7-36-3/h10-12,14-17H,4-9,23H2,1-3H3,(H,24,25)(H,26,33)(H,27,31)(H,28,32)(H,29,30)(H,34,35). The summed E-state index contributed by atoms with van der Waals surface area (Å²) in [6.07, 6.45) is 4.56. The molecule has 14 heteroatoms. The molecule has 0 aromatic carbocycles. The van der Waals surface area contributed by atoms with Crippen LogP contribution >= 0.6 is 11.8 Å². The molecule has 13 nitrogen and oxygen atoms in total. The first-order chi connectivity index (χ1) is 16.9. The van der Waals surface area contributed by atoms with E-state index in [9.17, 15) is 29.1 Å². The van der Waals surface area contributed by atoms with Gasteiger partial charge >= 0.3 is 11.9 Å². The number of hydrogen-bond donors (Lipinski definition) is 7. The van der Waals surface area contributed by atoms with E-state index in [0.717, 1.165) is 0 Å². The van der Waals surface area contributed by atoms with Crippen LogP contribution in [0.5, 0.6) is 0 Å². The molecule has 0 aliphatic heterocycles. The van der Waals surface area contributed by atoms with Crippen molar-refractivity contribution in [3.05, 3.63) is 18.2 Å². The second kappa shape index (κ2) is 15.8. The minimum atomic E-state index is -1.34. The fourth-order valence-corrected chi connectivity index (χ4v) is 3.74. The summed E-state index contributed by atoms with van der Waals surface area (Å²) >= 11 is 1.52. The summed E-state index contributed by atoms with van der Waals surface area (Å²) in [5.74, 6) is -3.98. The lowest BCUT2D eigenvalue weighted by Gasteiger charge is -2.25. The smallest absolute Gasteiger partial charge is 0.326 e. The van der Waals surface area contributed by atoms with Crippen LogP contribution in [0.3, 0.4) is 0 Å². The first-order valence-electron chi connectivity index (χ1n) is 11.5. The quantitative estimate of drug-likeness (QED) is 0.137. The molecule has 3 amide bonds. The largest absolute Gasteiger partial charge is 0.481 e. The van der Waals surface area contributed by atoms with E-state index < -0.39 is 60.2 Å². The van der Waals surface area contributed by atoms with Gasteiger partial charge in [-0.1, -0.05) is 13.8 Å². The van der Waals surface area contributed by atoms with Crippen molar-refractivity contribution in [1.29, 1.82) is 0 Å².